The minimum Gasteiger partial charge on any atom is -0.179 e. The molecule has 2 aromatic carbocycles. The van der Waals surface area contributed by atoms with E-state index in [0.717, 1.165) is 24.2 Å². The van der Waals surface area contributed by atoms with E-state index in [-0.39, 0.29) is 24.8 Å². The van der Waals surface area contributed by atoms with Crippen LogP contribution in [0.4, 0.5) is 0 Å². The molecule has 38 heavy (non-hydrogen) atoms. The molecular weight excluding hydrogens is 583 g/mol. The maximum atomic E-state index is 3.48. The number of hydrogen-bond donors (Lipinski definition) is 0. The molecule has 0 nitrogen and oxygen atoms in total. The Bertz CT molecular complexity index is 1090. The molecule has 0 aliphatic heterocycles. The number of hydrogen-bond acceptors (Lipinski definition) is 0. The maximum Gasteiger partial charge on any atom is -0.0253 e. The van der Waals surface area contributed by atoms with E-state index in [2.05, 4.69) is 67.6 Å². The van der Waals surface area contributed by atoms with E-state index in [9.17, 15) is 0 Å². The standard InChI is InChI=1S/C16H21.C13H9.C6H10.2ClH.Zr/c1-11-2-3-15(4-11)16-8-12-5-13(9-16)7-14(6-12)10-16;1-3-7-12-10(5-1)9-11-6-2-4-8-13(11)12;1-2-4-6-5-3-1;;;/h3-4,11-14H,5-10H2,1H3;1-5,7-8H,9H2;1-5H2;2*1H;/q2*-1;;;;+2/p-2. The third-order valence-corrected chi connectivity index (χ3v) is 10.9. The van der Waals surface area contributed by atoms with Gasteiger partial charge in [-0.1, -0.05) is 72.9 Å². The molecule has 3 heteroatoms. The smallest absolute Gasteiger partial charge is 0.0253 e. The average molecular weight is 623 g/mol. The van der Waals surface area contributed by atoms with Crippen molar-refractivity contribution in [3.8, 4) is 11.1 Å². The van der Waals surface area contributed by atoms with Gasteiger partial charge < -0.3 is 24.8 Å². The molecule has 5 saturated carbocycles. The first-order chi connectivity index (χ1) is 17.6. The average Bonchev–Trinajstić information content (AvgIpc) is 3.49. The van der Waals surface area contributed by atoms with Crippen molar-refractivity contribution in [3.05, 3.63) is 83.5 Å². The van der Waals surface area contributed by atoms with Crippen molar-refractivity contribution in [1.29, 1.82) is 0 Å². The fourth-order valence-corrected chi connectivity index (χ4v) is 9.23. The minimum absolute atomic E-state index is 0. The van der Waals surface area contributed by atoms with Crippen molar-refractivity contribution < 1.29 is 49.0 Å². The molecule has 9 rings (SSSR count). The second-order valence-corrected chi connectivity index (χ2v) is 14.2. The Hall–Kier alpha value is -0.747. The summed E-state index contributed by atoms with van der Waals surface area (Å²) in [5, 5.41) is 0. The van der Waals surface area contributed by atoms with Crippen molar-refractivity contribution in [2.75, 3.05) is 0 Å². The Balaban J connectivity index is 0.000000139. The summed E-state index contributed by atoms with van der Waals surface area (Å²) in [5.74, 6) is 3.77. The maximum absolute atomic E-state index is 3.48. The Morgan fingerprint density at radius 2 is 1.45 bits per heavy atom. The summed E-state index contributed by atoms with van der Waals surface area (Å²) < 4.78 is 1.80. The molecule has 5 fully saturated rings. The van der Waals surface area contributed by atoms with E-state index in [1.807, 2.05) is 6.07 Å². The number of allylic oxidation sites excluding steroid dienone is 4. The molecule has 2 aromatic rings. The molecule has 7 aliphatic carbocycles. The normalized spacial score (nSPS) is 30.9. The van der Waals surface area contributed by atoms with Gasteiger partial charge in [-0.05, 0) is 43.4 Å². The molecule has 7 aliphatic rings. The van der Waals surface area contributed by atoms with E-state index < -0.39 is 0 Å². The summed E-state index contributed by atoms with van der Waals surface area (Å²) in [6.45, 7) is 2.27. The molecule has 0 amide bonds. The van der Waals surface area contributed by atoms with E-state index in [1.165, 1.54) is 73.6 Å². The van der Waals surface area contributed by atoms with Crippen LogP contribution in [0.1, 0.15) is 88.7 Å². The first-order valence-corrected chi connectivity index (χ1v) is 15.8. The van der Waals surface area contributed by atoms with Crippen LogP contribution in [-0.2, 0) is 30.7 Å². The Morgan fingerprint density at radius 1 is 0.816 bits per heavy atom. The van der Waals surface area contributed by atoms with Gasteiger partial charge in [-0.25, -0.2) is 6.08 Å². The van der Waals surface area contributed by atoms with Crippen LogP contribution in [0.25, 0.3) is 11.1 Å². The third-order valence-electron chi connectivity index (χ3n) is 9.66. The van der Waals surface area contributed by atoms with Crippen molar-refractivity contribution in [2.45, 2.75) is 84.0 Å². The molecule has 0 N–H and O–H groups in total. The van der Waals surface area contributed by atoms with Gasteiger partial charge in [0.05, 0.1) is 0 Å². The summed E-state index contributed by atoms with van der Waals surface area (Å²) in [5.41, 5.74) is 7.78. The van der Waals surface area contributed by atoms with E-state index in [0.29, 0.717) is 11.3 Å². The fourth-order valence-electron chi connectivity index (χ4n) is 8.36. The number of benzene rings is 2. The summed E-state index contributed by atoms with van der Waals surface area (Å²) in [6, 6.07) is 18.1. The van der Waals surface area contributed by atoms with Gasteiger partial charge in [-0.2, -0.15) is 41.5 Å². The molecule has 0 radical (unpaired) electrons. The predicted octanol–water partition coefficient (Wildman–Crippen LogP) is 2.87. The zero-order valence-corrected chi connectivity index (χ0v) is 26.7. The molecule has 0 spiro atoms. The van der Waals surface area contributed by atoms with Gasteiger partial charge >= 0.3 is 59.5 Å². The van der Waals surface area contributed by atoms with Crippen LogP contribution in [0.5, 0.6) is 0 Å². The molecular formula is C35H40Cl2Zr-2. The number of halogens is 2. The van der Waals surface area contributed by atoms with Crippen LogP contribution in [0.2, 0.25) is 0 Å². The predicted molar refractivity (Wildman–Crippen MR) is 147 cm³/mol. The molecule has 0 saturated heterocycles. The summed E-state index contributed by atoms with van der Waals surface area (Å²) >= 11 is 1.69. The quantitative estimate of drug-likeness (QED) is 0.367. The molecule has 0 heterocycles. The summed E-state index contributed by atoms with van der Waals surface area (Å²) in [6.07, 6.45) is 25.8. The van der Waals surface area contributed by atoms with Crippen molar-refractivity contribution >= 4 is 3.21 Å². The number of fused-ring (bicyclic) bond motifs is 3. The van der Waals surface area contributed by atoms with E-state index >= 15 is 0 Å². The van der Waals surface area contributed by atoms with Gasteiger partial charge in [0.1, 0.15) is 0 Å². The van der Waals surface area contributed by atoms with Gasteiger partial charge in [0.15, 0.2) is 0 Å². The van der Waals surface area contributed by atoms with Crippen LogP contribution in [-0.4, -0.2) is 3.21 Å². The summed E-state index contributed by atoms with van der Waals surface area (Å²) in [4.78, 5) is 0. The van der Waals surface area contributed by atoms with Crippen LogP contribution in [0, 0.1) is 41.2 Å². The monoisotopic (exact) mass is 620 g/mol. The summed E-state index contributed by atoms with van der Waals surface area (Å²) in [7, 11) is 0. The van der Waals surface area contributed by atoms with Crippen LogP contribution in [0.15, 0.2) is 60.2 Å². The second kappa shape index (κ2) is 13.3. The fraction of sp³-hybridized carbons (Fsp3) is 0.514. The molecule has 0 aromatic heterocycles. The first kappa shape index (κ1) is 30.2. The third kappa shape index (κ3) is 6.59. The van der Waals surface area contributed by atoms with Gasteiger partial charge in [-0.3, -0.25) is 6.08 Å². The molecule has 4 bridgehead atoms. The van der Waals surface area contributed by atoms with Crippen molar-refractivity contribution in [3.63, 3.8) is 0 Å². The molecule has 200 valence electrons. The van der Waals surface area contributed by atoms with Crippen LogP contribution >= 0.6 is 0 Å². The largest absolute Gasteiger partial charge is 0.179 e. The van der Waals surface area contributed by atoms with Crippen molar-refractivity contribution in [2.24, 2.45) is 29.1 Å². The van der Waals surface area contributed by atoms with Gasteiger partial charge in [0.25, 0.3) is 0 Å². The van der Waals surface area contributed by atoms with Gasteiger partial charge in [0, 0.05) is 0 Å². The molecule has 1 atom stereocenters. The van der Waals surface area contributed by atoms with E-state index in [4.69, 9.17) is 0 Å². The minimum atomic E-state index is 0. The second-order valence-electron chi connectivity index (χ2n) is 12.5. The van der Waals surface area contributed by atoms with Gasteiger partial charge in [-0.15, -0.1) is 5.56 Å². The molecule has 1 unspecified atom stereocenters. The van der Waals surface area contributed by atoms with Gasteiger partial charge in [0.2, 0.25) is 0 Å². The first-order valence-electron chi connectivity index (χ1n) is 14.5. The Morgan fingerprint density at radius 3 is 2.03 bits per heavy atom. The SMILES string of the molecule is CC1[C-]=CC(C23CC4CC(CC(C4)C2)C3)=C1.[Cl-].[Cl-].[Zr+2]=[C]1CCCCC1.[c-]1cccc2c1Cc1ccccc1-2. The number of rotatable bonds is 1. The Labute approximate surface area is 258 Å². The van der Waals surface area contributed by atoms with Crippen LogP contribution < -0.4 is 24.8 Å². The Kier molecular flexibility index (Phi) is 10.6. The van der Waals surface area contributed by atoms with E-state index in [1.54, 1.807) is 52.3 Å². The van der Waals surface area contributed by atoms with Crippen molar-refractivity contribution in [1.82, 2.24) is 0 Å². The zero-order valence-electron chi connectivity index (χ0n) is 22.7. The topological polar surface area (TPSA) is 0 Å². The van der Waals surface area contributed by atoms with Crippen LogP contribution in [0.3, 0.4) is 0 Å². The zero-order chi connectivity index (χ0) is 24.5.